The molecule has 1 amide bonds. The predicted octanol–water partition coefficient (Wildman–Crippen LogP) is 5.50. The molecule has 5 rings (SSSR count). The largest absolute Gasteiger partial charge is 0.402 e. The van der Waals surface area contributed by atoms with Gasteiger partial charge in [-0.25, -0.2) is 17.9 Å². The van der Waals surface area contributed by atoms with Gasteiger partial charge in [-0.3, -0.25) is 4.79 Å². The average Bonchev–Trinajstić information content (AvgIpc) is 3.43. The first-order valence-electron chi connectivity index (χ1n) is 11.3. The van der Waals surface area contributed by atoms with Gasteiger partial charge in [-0.15, -0.1) is 0 Å². The van der Waals surface area contributed by atoms with E-state index in [0.29, 0.717) is 16.8 Å². The van der Waals surface area contributed by atoms with Gasteiger partial charge in [-0.1, -0.05) is 15.9 Å². The molecular formula is C26H22BrF3N4O2. The van der Waals surface area contributed by atoms with E-state index in [2.05, 4.69) is 15.9 Å². The highest BCUT2D eigenvalue weighted by atomic mass is 79.9. The van der Waals surface area contributed by atoms with Crippen LogP contribution in [0.5, 0.6) is 0 Å². The van der Waals surface area contributed by atoms with Gasteiger partial charge < -0.3 is 15.4 Å². The van der Waals surface area contributed by atoms with Gasteiger partial charge >= 0.3 is 0 Å². The van der Waals surface area contributed by atoms with Crippen LogP contribution in [0.1, 0.15) is 24.6 Å². The van der Waals surface area contributed by atoms with Crippen LogP contribution in [0, 0.1) is 5.82 Å². The Labute approximate surface area is 214 Å². The first kappa shape index (κ1) is 24.3. The molecule has 2 heterocycles. The Kier molecular flexibility index (Phi) is 6.72. The van der Waals surface area contributed by atoms with Crippen LogP contribution in [-0.2, 0) is 9.53 Å². The van der Waals surface area contributed by atoms with E-state index in [1.54, 1.807) is 23.0 Å². The molecule has 2 aromatic carbocycles. The lowest BCUT2D eigenvalue weighted by molar-refractivity contribution is -0.128. The minimum atomic E-state index is -1.54. The quantitative estimate of drug-likeness (QED) is 0.433. The van der Waals surface area contributed by atoms with Crippen LogP contribution >= 0.6 is 15.9 Å². The molecule has 36 heavy (non-hydrogen) atoms. The van der Waals surface area contributed by atoms with Crippen LogP contribution in [0.4, 0.5) is 13.2 Å². The molecule has 2 aliphatic rings. The molecule has 0 saturated carbocycles. The second-order valence-electron chi connectivity index (χ2n) is 8.63. The predicted molar refractivity (Wildman–Crippen MR) is 132 cm³/mol. The van der Waals surface area contributed by atoms with E-state index in [-0.39, 0.29) is 49.0 Å². The third-order valence-corrected chi connectivity index (χ3v) is 6.75. The minimum Gasteiger partial charge on any atom is -0.402 e. The molecule has 1 aromatic heterocycles. The lowest BCUT2D eigenvalue weighted by Gasteiger charge is -2.25. The van der Waals surface area contributed by atoms with E-state index in [9.17, 15) is 18.0 Å². The van der Waals surface area contributed by atoms with E-state index in [4.69, 9.17) is 15.6 Å². The summed E-state index contributed by atoms with van der Waals surface area (Å²) in [5, 5.41) is 4.71. The molecule has 3 aromatic rings. The summed E-state index contributed by atoms with van der Waals surface area (Å²) in [6.07, 6.45) is 0.426. The Hall–Kier alpha value is -3.37. The van der Waals surface area contributed by atoms with Gasteiger partial charge in [0.1, 0.15) is 30.1 Å². The molecule has 1 aliphatic carbocycles. The van der Waals surface area contributed by atoms with Gasteiger partial charge in [0.15, 0.2) is 6.23 Å². The number of nitrogens with two attached hydrogens (primary N) is 1. The number of allylic oxidation sites excluding steroid dienone is 3. The zero-order valence-electron chi connectivity index (χ0n) is 19.0. The molecule has 2 N–H and O–H groups in total. The van der Waals surface area contributed by atoms with E-state index >= 15 is 0 Å². The number of amides is 1. The maximum Gasteiger partial charge on any atom is 0.250 e. The lowest BCUT2D eigenvalue weighted by atomic mass is 9.97. The number of halogens is 4. The molecule has 0 radical (unpaired) electrons. The molecule has 10 heteroatoms. The SMILES string of the molecule is NC1=CC(F)=C(CCN2C(=O)COC2c2cn(-c3ccc(Br)cc3)nc2-c2ccc(F)cc2)C(F)C1. The third-order valence-electron chi connectivity index (χ3n) is 6.22. The van der Waals surface area contributed by atoms with E-state index in [1.807, 2.05) is 24.3 Å². The van der Waals surface area contributed by atoms with Crippen molar-refractivity contribution in [2.75, 3.05) is 13.2 Å². The average molecular weight is 559 g/mol. The molecule has 6 nitrogen and oxygen atoms in total. The van der Waals surface area contributed by atoms with Crippen LogP contribution in [-0.4, -0.2) is 39.9 Å². The molecule has 0 spiro atoms. The molecule has 2 atom stereocenters. The summed E-state index contributed by atoms with van der Waals surface area (Å²) >= 11 is 3.41. The fourth-order valence-electron chi connectivity index (χ4n) is 4.39. The Morgan fingerprint density at radius 1 is 1.11 bits per heavy atom. The second kappa shape index (κ2) is 9.94. The highest BCUT2D eigenvalue weighted by molar-refractivity contribution is 9.10. The fourth-order valence-corrected chi connectivity index (χ4v) is 4.66. The number of nitrogens with zero attached hydrogens (tertiary/aromatic N) is 3. The van der Waals surface area contributed by atoms with E-state index in [0.717, 1.165) is 16.2 Å². The maximum atomic E-state index is 14.5. The number of carbonyl (C=O) groups excluding carboxylic acids is 1. The second-order valence-corrected chi connectivity index (χ2v) is 9.54. The summed E-state index contributed by atoms with van der Waals surface area (Å²) in [4.78, 5) is 14.2. The van der Waals surface area contributed by atoms with Gasteiger partial charge in [0.2, 0.25) is 0 Å². The number of ether oxygens (including phenoxy) is 1. The summed E-state index contributed by atoms with van der Waals surface area (Å²) in [6.45, 7) is -0.128. The minimum absolute atomic E-state index is 0.00485. The van der Waals surface area contributed by atoms with Crippen molar-refractivity contribution in [3.05, 3.63) is 93.8 Å². The molecule has 2 unspecified atom stereocenters. The summed E-state index contributed by atoms with van der Waals surface area (Å²) < 4.78 is 50.9. The highest BCUT2D eigenvalue weighted by Gasteiger charge is 2.37. The molecule has 186 valence electrons. The lowest BCUT2D eigenvalue weighted by Crippen LogP contribution is -2.31. The number of benzene rings is 2. The fraction of sp³-hybridized carbons (Fsp3) is 0.231. The zero-order valence-corrected chi connectivity index (χ0v) is 20.6. The van der Waals surface area contributed by atoms with Crippen LogP contribution in [0.25, 0.3) is 16.9 Å². The monoisotopic (exact) mass is 558 g/mol. The number of aromatic nitrogens is 2. The first-order valence-corrected chi connectivity index (χ1v) is 12.1. The summed E-state index contributed by atoms with van der Waals surface area (Å²) in [7, 11) is 0. The van der Waals surface area contributed by atoms with Crippen LogP contribution in [0.2, 0.25) is 0 Å². The number of alkyl halides is 1. The molecule has 1 aliphatic heterocycles. The Morgan fingerprint density at radius 3 is 2.53 bits per heavy atom. The topological polar surface area (TPSA) is 73.4 Å². The van der Waals surface area contributed by atoms with Crippen molar-refractivity contribution in [1.82, 2.24) is 14.7 Å². The third kappa shape index (κ3) is 4.83. The normalized spacial score (nSPS) is 20.3. The molecule has 1 fully saturated rings. The maximum absolute atomic E-state index is 14.5. The van der Waals surface area contributed by atoms with Crippen LogP contribution in [0.3, 0.4) is 0 Å². The van der Waals surface area contributed by atoms with Crippen molar-refractivity contribution in [3.63, 3.8) is 0 Å². The summed E-state index contributed by atoms with van der Waals surface area (Å²) in [5.74, 6) is -1.39. The van der Waals surface area contributed by atoms with Gasteiger partial charge in [-0.05, 0) is 61.0 Å². The Bertz CT molecular complexity index is 1350. The first-order chi connectivity index (χ1) is 17.3. The van der Waals surface area contributed by atoms with Crippen molar-refractivity contribution < 1.29 is 22.7 Å². The standard InChI is InChI=1S/C26H22BrF3N4O2/c27-16-3-7-19(8-4-16)34-13-21(25(32-34)15-1-5-17(28)6-2-15)26-33(24(35)14-36-26)10-9-20-22(29)11-18(31)12-23(20)30/h1-8,11,13,23,26H,9-10,12,14,31H2. The van der Waals surface area contributed by atoms with Gasteiger partial charge in [-0.2, -0.15) is 5.10 Å². The number of hydrogen-bond donors (Lipinski definition) is 1. The highest BCUT2D eigenvalue weighted by Crippen LogP contribution is 2.37. The van der Waals surface area contributed by atoms with Crippen molar-refractivity contribution in [2.24, 2.45) is 5.73 Å². The smallest absolute Gasteiger partial charge is 0.250 e. The number of rotatable bonds is 6. The van der Waals surface area contributed by atoms with Gasteiger partial charge in [0.05, 0.1) is 5.69 Å². The van der Waals surface area contributed by atoms with Crippen molar-refractivity contribution in [3.8, 4) is 16.9 Å². The van der Waals surface area contributed by atoms with Crippen molar-refractivity contribution >= 4 is 21.8 Å². The van der Waals surface area contributed by atoms with Crippen molar-refractivity contribution in [2.45, 2.75) is 25.2 Å². The van der Waals surface area contributed by atoms with E-state index < -0.39 is 18.2 Å². The zero-order chi connectivity index (χ0) is 25.4. The Morgan fingerprint density at radius 2 is 1.83 bits per heavy atom. The number of hydrogen-bond acceptors (Lipinski definition) is 4. The Balaban J connectivity index is 1.50. The summed E-state index contributed by atoms with van der Waals surface area (Å²) in [6, 6.07) is 13.3. The van der Waals surface area contributed by atoms with Gasteiger partial charge in [0.25, 0.3) is 5.91 Å². The van der Waals surface area contributed by atoms with Gasteiger partial charge in [0, 0.05) is 46.0 Å². The van der Waals surface area contributed by atoms with E-state index in [1.165, 1.54) is 17.0 Å². The molecule has 1 saturated heterocycles. The molecular weight excluding hydrogens is 537 g/mol. The molecule has 0 bridgehead atoms. The van der Waals surface area contributed by atoms with Crippen LogP contribution in [0.15, 0.2) is 82.4 Å². The number of carbonyl (C=O) groups is 1. The summed E-state index contributed by atoms with van der Waals surface area (Å²) in [5.41, 5.74) is 8.19. The van der Waals surface area contributed by atoms with Crippen LogP contribution < -0.4 is 5.73 Å². The van der Waals surface area contributed by atoms with Crippen molar-refractivity contribution in [1.29, 1.82) is 0 Å².